The standard InChI is InChI=1S/C16H22N4/c1-3-17-13-15-12-16(7-10-19-15)20(2)11-8-14-6-4-5-9-18-14/h4-7,9-10,12,17H,3,8,11,13H2,1-2H3. The third kappa shape index (κ3) is 4.31. The highest BCUT2D eigenvalue weighted by atomic mass is 15.1. The molecule has 0 aliphatic carbocycles. The molecule has 4 nitrogen and oxygen atoms in total. The molecule has 0 aliphatic heterocycles. The van der Waals surface area contributed by atoms with E-state index in [2.05, 4.69) is 46.3 Å². The first kappa shape index (κ1) is 14.5. The number of pyridine rings is 2. The maximum absolute atomic E-state index is 4.38. The van der Waals surface area contributed by atoms with E-state index in [1.165, 1.54) is 5.69 Å². The van der Waals surface area contributed by atoms with E-state index in [1.807, 2.05) is 30.6 Å². The SMILES string of the molecule is CCNCc1cc(N(C)CCc2ccccn2)ccn1. The lowest BCUT2D eigenvalue weighted by Crippen LogP contribution is -2.21. The molecule has 1 N–H and O–H groups in total. The Labute approximate surface area is 120 Å². The van der Waals surface area contributed by atoms with Gasteiger partial charge in [-0.05, 0) is 30.8 Å². The van der Waals surface area contributed by atoms with Crippen molar-refractivity contribution in [3.05, 3.63) is 54.1 Å². The third-order valence-electron chi connectivity index (χ3n) is 3.23. The molecule has 0 unspecified atom stereocenters. The van der Waals surface area contributed by atoms with E-state index in [0.717, 1.165) is 37.4 Å². The molecule has 4 heteroatoms. The minimum Gasteiger partial charge on any atom is -0.374 e. The Balaban J connectivity index is 1.93. The van der Waals surface area contributed by atoms with Crippen molar-refractivity contribution in [2.24, 2.45) is 0 Å². The summed E-state index contributed by atoms with van der Waals surface area (Å²) in [6, 6.07) is 10.2. The maximum atomic E-state index is 4.38. The van der Waals surface area contributed by atoms with Crippen LogP contribution in [-0.4, -0.2) is 30.1 Å². The molecular weight excluding hydrogens is 248 g/mol. The molecule has 0 aromatic carbocycles. The van der Waals surface area contributed by atoms with Crippen molar-refractivity contribution in [1.82, 2.24) is 15.3 Å². The van der Waals surface area contributed by atoms with Crippen LogP contribution in [0.25, 0.3) is 0 Å². The molecule has 2 aromatic rings. The van der Waals surface area contributed by atoms with Crippen molar-refractivity contribution in [2.75, 3.05) is 25.0 Å². The van der Waals surface area contributed by atoms with E-state index in [9.17, 15) is 0 Å². The van der Waals surface area contributed by atoms with Gasteiger partial charge < -0.3 is 10.2 Å². The number of rotatable bonds is 7. The van der Waals surface area contributed by atoms with Gasteiger partial charge >= 0.3 is 0 Å². The first-order chi connectivity index (χ1) is 9.79. The molecule has 106 valence electrons. The van der Waals surface area contributed by atoms with Crippen molar-refractivity contribution in [2.45, 2.75) is 19.9 Å². The van der Waals surface area contributed by atoms with E-state index in [4.69, 9.17) is 0 Å². The van der Waals surface area contributed by atoms with Gasteiger partial charge in [0.2, 0.25) is 0 Å². The highest BCUT2D eigenvalue weighted by Gasteiger charge is 2.03. The summed E-state index contributed by atoms with van der Waals surface area (Å²) in [6.07, 6.45) is 4.66. The topological polar surface area (TPSA) is 41.0 Å². The number of likely N-dealkylation sites (N-methyl/N-ethyl adjacent to an activating group) is 1. The number of aromatic nitrogens is 2. The fourth-order valence-corrected chi connectivity index (χ4v) is 2.01. The van der Waals surface area contributed by atoms with Crippen LogP contribution in [0.15, 0.2) is 42.7 Å². The van der Waals surface area contributed by atoms with Crippen molar-refractivity contribution in [3.63, 3.8) is 0 Å². The summed E-state index contributed by atoms with van der Waals surface area (Å²) in [4.78, 5) is 11.0. The van der Waals surface area contributed by atoms with Crippen LogP contribution in [0.3, 0.4) is 0 Å². The second kappa shape index (κ2) is 7.60. The molecule has 0 radical (unpaired) electrons. The molecule has 2 aromatic heterocycles. The number of nitrogens with zero attached hydrogens (tertiary/aromatic N) is 3. The van der Waals surface area contributed by atoms with Gasteiger partial charge in [0.1, 0.15) is 0 Å². The van der Waals surface area contributed by atoms with Crippen molar-refractivity contribution < 1.29 is 0 Å². The highest BCUT2D eigenvalue weighted by molar-refractivity contribution is 5.45. The summed E-state index contributed by atoms with van der Waals surface area (Å²) < 4.78 is 0. The third-order valence-corrected chi connectivity index (χ3v) is 3.23. The Morgan fingerprint density at radius 1 is 1.10 bits per heavy atom. The van der Waals surface area contributed by atoms with Crippen LogP contribution in [0.5, 0.6) is 0 Å². The second-order valence-electron chi connectivity index (χ2n) is 4.78. The fourth-order valence-electron chi connectivity index (χ4n) is 2.01. The summed E-state index contributed by atoms with van der Waals surface area (Å²) in [7, 11) is 2.11. The molecule has 0 amide bonds. The molecule has 0 fully saturated rings. The molecule has 0 bridgehead atoms. The molecule has 0 atom stereocenters. The lowest BCUT2D eigenvalue weighted by molar-refractivity contribution is 0.710. The maximum Gasteiger partial charge on any atom is 0.0562 e. The zero-order valence-corrected chi connectivity index (χ0v) is 12.2. The van der Waals surface area contributed by atoms with Crippen molar-refractivity contribution in [1.29, 1.82) is 0 Å². The molecular formula is C16H22N4. The zero-order valence-electron chi connectivity index (χ0n) is 12.2. The summed E-state index contributed by atoms with van der Waals surface area (Å²) in [5.74, 6) is 0. The van der Waals surface area contributed by atoms with Gasteiger partial charge in [-0.2, -0.15) is 0 Å². The predicted molar refractivity (Wildman–Crippen MR) is 82.8 cm³/mol. The Bertz CT molecular complexity index is 513. The van der Waals surface area contributed by atoms with Crippen LogP contribution in [-0.2, 0) is 13.0 Å². The van der Waals surface area contributed by atoms with E-state index in [0.29, 0.717) is 0 Å². The van der Waals surface area contributed by atoms with E-state index in [1.54, 1.807) is 0 Å². The molecule has 20 heavy (non-hydrogen) atoms. The molecule has 0 saturated carbocycles. The fraction of sp³-hybridized carbons (Fsp3) is 0.375. The largest absolute Gasteiger partial charge is 0.374 e. The lowest BCUT2D eigenvalue weighted by atomic mass is 10.2. The van der Waals surface area contributed by atoms with E-state index in [-0.39, 0.29) is 0 Å². The normalized spacial score (nSPS) is 10.5. The van der Waals surface area contributed by atoms with Gasteiger partial charge in [0.25, 0.3) is 0 Å². The van der Waals surface area contributed by atoms with Crippen LogP contribution in [0.4, 0.5) is 5.69 Å². The highest BCUT2D eigenvalue weighted by Crippen LogP contribution is 2.13. The minimum absolute atomic E-state index is 0.818. The summed E-state index contributed by atoms with van der Waals surface area (Å²) in [6.45, 7) is 4.82. The Kier molecular flexibility index (Phi) is 5.50. The molecule has 0 saturated heterocycles. The summed E-state index contributed by atoms with van der Waals surface area (Å²) in [5, 5.41) is 3.30. The van der Waals surface area contributed by atoms with Crippen LogP contribution >= 0.6 is 0 Å². The first-order valence-electron chi connectivity index (χ1n) is 7.06. The lowest BCUT2D eigenvalue weighted by Gasteiger charge is -2.19. The Morgan fingerprint density at radius 3 is 2.70 bits per heavy atom. The van der Waals surface area contributed by atoms with E-state index >= 15 is 0 Å². The summed E-state index contributed by atoms with van der Waals surface area (Å²) >= 11 is 0. The monoisotopic (exact) mass is 270 g/mol. The number of hydrogen-bond donors (Lipinski definition) is 1. The second-order valence-corrected chi connectivity index (χ2v) is 4.78. The molecule has 2 rings (SSSR count). The molecule has 2 heterocycles. The first-order valence-corrected chi connectivity index (χ1v) is 7.06. The summed E-state index contributed by atoms with van der Waals surface area (Å²) in [5.41, 5.74) is 3.40. The van der Waals surface area contributed by atoms with Crippen LogP contribution < -0.4 is 10.2 Å². The van der Waals surface area contributed by atoms with Gasteiger partial charge in [-0.3, -0.25) is 9.97 Å². The van der Waals surface area contributed by atoms with Crippen LogP contribution in [0, 0.1) is 0 Å². The van der Waals surface area contributed by atoms with Gasteiger partial charge in [-0.1, -0.05) is 13.0 Å². The van der Waals surface area contributed by atoms with Crippen LogP contribution in [0.1, 0.15) is 18.3 Å². The van der Waals surface area contributed by atoms with Crippen LogP contribution in [0.2, 0.25) is 0 Å². The number of anilines is 1. The zero-order chi connectivity index (χ0) is 14.2. The van der Waals surface area contributed by atoms with E-state index < -0.39 is 0 Å². The Morgan fingerprint density at radius 2 is 1.95 bits per heavy atom. The average Bonchev–Trinajstić information content (AvgIpc) is 2.52. The molecule has 0 aliphatic rings. The van der Waals surface area contributed by atoms with Crippen molar-refractivity contribution in [3.8, 4) is 0 Å². The van der Waals surface area contributed by atoms with Gasteiger partial charge in [-0.25, -0.2) is 0 Å². The molecule has 0 spiro atoms. The quantitative estimate of drug-likeness (QED) is 0.838. The van der Waals surface area contributed by atoms with Gasteiger partial charge in [0, 0.05) is 50.3 Å². The van der Waals surface area contributed by atoms with Gasteiger partial charge in [0.05, 0.1) is 5.69 Å². The predicted octanol–water partition coefficient (Wildman–Crippen LogP) is 2.27. The number of hydrogen-bond acceptors (Lipinski definition) is 4. The smallest absolute Gasteiger partial charge is 0.0562 e. The van der Waals surface area contributed by atoms with Gasteiger partial charge in [0.15, 0.2) is 0 Å². The number of nitrogens with one attached hydrogen (secondary N) is 1. The minimum atomic E-state index is 0.818. The Hall–Kier alpha value is -1.94. The average molecular weight is 270 g/mol. The van der Waals surface area contributed by atoms with Gasteiger partial charge in [-0.15, -0.1) is 0 Å². The van der Waals surface area contributed by atoms with Crippen molar-refractivity contribution >= 4 is 5.69 Å².